The third-order valence-electron chi connectivity index (χ3n) is 8.95. The van der Waals surface area contributed by atoms with Gasteiger partial charge in [-0.1, -0.05) is 24.3 Å². The van der Waals surface area contributed by atoms with Crippen LogP contribution in [0.1, 0.15) is 52.0 Å². The highest BCUT2D eigenvalue weighted by molar-refractivity contribution is 6.17. The number of ether oxygens (including phenoxy) is 2. The van der Waals surface area contributed by atoms with Gasteiger partial charge in [0.05, 0.1) is 17.9 Å². The molecule has 1 atom stereocenters. The van der Waals surface area contributed by atoms with Gasteiger partial charge < -0.3 is 20.5 Å². The molecule has 0 radical (unpaired) electrons. The fourth-order valence-corrected chi connectivity index (χ4v) is 6.22. The number of aromatic nitrogens is 6. The molecule has 53 heavy (non-hydrogen) atoms. The van der Waals surface area contributed by atoms with Crippen molar-refractivity contribution in [2.24, 2.45) is 17.6 Å². The number of H-pyrrole nitrogens is 1. The summed E-state index contributed by atoms with van der Waals surface area (Å²) in [5.41, 5.74) is 9.75. The Balaban J connectivity index is 1.11. The van der Waals surface area contributed by atoms with Crippen molar-refractivity contribution < 1.29 is 23.9 Å². The van der Waals surface area contributed by atoms with Gasteiger partial charge in [-0.05, 0) is 118 Å². The lowest BCUT2D eigenvalue weighted by Gasteiger charge is -2.32. The van der Waals surface area contributed by atoms with Crippen molar-refractivity contribution in [2.45, 2.75) is 64.5 Å². The Morgan fingerprint density at radius 3 is 2.26 bits per heavy atom. The lowest BCUT2D eigenvalue weighted by molar-refractivity contribution is -0.130. The predicted octanol–water partition coefficient (Wildman–Crippen LogP) is 5.88. The third kappa shape index (κ3) is 9.86. The first-order valence-corrected chi connectivity index (χ1v) is 17.6. The number of anilines is 1. The Hall–Kier alpha value is -6.02. The number of carbonyl (C=O) groups is 3. The van der Waals surface area contributed by atoms with Crippen LogP contribution >= 0.6 is 0 Å². The Kier molecular flexibility index (Phi) is 11.5. The van der Waals surface area contributed by atoms with Crippen molar-refractivity contribution in [1.82, 2.24) is 35.9 Å². The lowest BCUT2D eigenvalue weighted by Crippen LogP contribution is -2.50. The third-order valence-corrected chi connectivity index (χ3v) is 8.95. The summed E-state index contributed by atoms with van der Waals surface area (Å²) in [5, 5.41) is 16.9. The fourth-order valence-electron chi connectivity index (χ4n) is 6.22. The number of hydrogen-bond acceptors (Lipinski definition) is 11. The SMILES string of the molecule is CC(C)(C)OC(=O)NCC1CCC(C(=O)N(C(=O)[C@@H](N)Cc2ccc(-c3ccc(Oc4cccnc4)nc3)cc2)c2ccc(-c3nn[nH]n3)cc2)CC1. The van der Waals surface area contributed by atoms with Gasteiger partial charge in [0.25, 0.3) is 5.91 Å². The molecule has 1 aliphatic rings. The van der Waals surface area contributed by atoms with E-state index in [1.807, 2.05) is 51.1 Å². The van der Waals surface area contributed by atoms with Crippen LogP contribution in [0.25, 0.3) is 22.5 Å². The zero-order chi connectivity index (χ0) is 37.4. The standard InChI is InChI=1S/C39H43N9O5/c1-39(2,3)53-38(51)43-22-26-8-12-29(13-9-26)36(49)48(31-17-14-28(15-18-31)35-44-46-47-45-35)37(50)33(40)21-25-6-10-27(11-7-25)30-16-19-34(42-23-30)52-32-5-4-20-41-24-32/h4-7,10-11,14-20,23-24,26,29,33H,8-9,12-13,21-22,40H2,1-3H3,(H,43,51)(H,44,45,46,47)/t26?,29?,33-/m0/s1. The number of tetrazole rings is 1. The van der Waals surface area contributed by atoms with Gasteiger partial charge >= 0.3 is 6.09 Å². The van der Waals surface area contributed by atoms with Crippen LogP contribution in [0.15, 0.2) is 91.4 Å². The highest BCUT2D eigenvalue weighted by atomic mass is 16.6. The number of alkyl carbamates (subject to hydrolysis) is 1. The number of benzene rings is 2. The minimum atomic E-state index is -0.985. The smallest absolute Gasteiger partial charge is 0.407 e. The van der Waals surface area contributed by atoms with Crippen LogP contribution < -0.4 is 20.7 Å². The molecule has 1 fully saturated rings. The fraction of sp³-hybridized carbons (Fsp3) is 0.333. The van der Waals surface area contributed by atoms with Crippen LogP contribution in [-0.2, 0) is 20.7 Å². The molecule has 3 amide bonds. The Bertz CT molecular complexity index is 1960. The largest absolute Gasteiger partial charge is 0.444 e. The van der Waals surface area contributed by atoms with Crippen LogP contribution in [0.5, 0.6) is 11.6 Å². The minimum Gasteiger partial charge on any atom is -0.444 e. The Morgan fingerprint density at radius 1 is 0.925 bits per heavy atom. The highest BCUT2D eigenvalue weighted by Gasteiger charge is 2.35. The normalized spacial score (nSPS) is 16.3. The van der Waals surface area contributed by atoms with E-state index in [-0.39, 0.29) is 24.2 Å². The summed E-state index contributed by atoms with van der Waals surface area (Å²) in [7, 11) is 0. The number of imide groups is 1. The first kappa shape index (κ1) is 36.8. The maximum atomic E-state index is 14.2. The van der Waals surface area contributed by atoms with E-state index in [0.717, 1.165) is 29.5 Å². The number of hydrogen-bond donors (Lipinski definition) is 3. The van der Waals surface area contributed by atoms with Gasteiger partial charge in [-0.25, -0.2) is 14.7 Å². The van der Waals surface area contributed by atoms with E-state index in [9.17, 15) is 14.4 Å². The molecule has 3 heterocycles. The van der Waals surface area contributed by atoms with Crippen molar-refractivity contribution in [3.05, 3.63) is 97.0 Å². The summed E-state index contributed by atoms with van der Waals surface area (Å²) in [5.74, 6) is 0.474. The summed E-state index contributed by atoms with van der Waals surface area (Å²) in [4.78, 5) is 50.1. The van der Waals surface area contributed by atoms with Crippen LogP contribution in [0.4, 0.5) is 10.5 Å². The van der Waals surface area contributed by atoms with E-state index < -0.39 is 23.6 Å². The van der Waals surface area contributed by atoms with Gasteiger partial charge in [-0.15, -0.1) is 10.2 Å². The van der Waals surface area contributed by atoms with Crippen LogP contribution in [0.3, 0.4) is 0 Å². The molecule has 5 aromatic rings. The second-order valence-electron chi connectivity index (χ2n) is 14.1. The maximum Gasteiger partial charge on any atom is 0.407 e. The Labute approximate surface area is 307 Å². The van der Waals surface area contributed by atoms with Crippen LogP contribution in [0, 0.1) is 11.8 Å². The molecule has 0 saturated heterocycles. The average Bonchev–Trinajstić information content (AvgIpc) is 3.70. The van der Waals surface area contributed by atoms with Gasteiger partial charge in [-0.2, -0.15) is 5.21 Å². The molecule has 0 unspecified atom stereocenters. The van der Waals surface area contributed by atoms with E-state index in [4.69, 9.17) is 15.2 Å². The van der Waals surface area contributed by atoms with E-state index in [0.29, 0.717) is 48.1 Å². The molecule has 3 aromatic heterocycles. The number of nitrogens with one attached hydrogen (secondary N) is 2. The first-order chi connectivity index (χ1) is 25.5. The molecule has 4 N–H and O–H groups in total. The van der Waals surface area contributed by atoms with Gasteiger partial charge in [0, 0.05) is 42.0 Å². The van der Waals surface area contributed by atoms with E-state index in [2.05, 4.69) is 35.9 Å². The quantitative estimate of drug-likeness (QED) is 0.148. The van der Waals surface area contributed by atoms with E-state index in [1.165, 1.54) is 4.90 Å². The van der Waals surface area contributed by atoms with Crippen molar-refractivity contribution in [3.8, 4) is 34.1 Å². The number of aromatic amines is 1. The number of rotatable bonds is 11. The van der Waals surface area contributed by atoms with Crippen molar-refractivity contribution >= 4 is 23.6 Å². The zero-order valence-electron chi connectivity index (χ0n) is 29.9. The molecule has 14 nitrogen and oxygen atoms in total. The predicted molar refractivity (Wildman–Crippen MR) is 197 cm³/mol. The minimum absolute atomic E-state index is 0.198. The average molecular weight is 718 g/mol. The van der Waals surface area contributed by atoms with E-state index in [1.54, 1.807) is 61.1 Å². The maximum absolute atomic E-state index is 14.2. The topological polar surface area (TPSA) is 191 Å². The number of pyridine rings is 2. The van der Waals surface area contributed by atoms with Gasteiger partial charge in [-0.3, -0.25) is 14.6 Å². The molecule has 274 valence electrons. The molecule has 1 saturated carbocycles. The second kappa shape index (κ2) is 16.5. The molecular formula is C39H43N9O5. The molecular weight excluding hydrogens is 674 g/mol. The van der Waals surface area contributed by atoms with Crippen LogP contribution in [0.2, 0.25) is 0 Å². The second-order valence-corrected chi connectivity index (χ2v) is 14.1. The van der Waals surface area contributed by atoms with Gasteiger partial charge in [0.2, 0.25) is 17.6 Å². The molecule has 0 bridgehead atoms. The molecule has 6 rings (SSSR count). The van der Waals surface area contributed by atoms with Gasteiger partial charge in [0.1, 0.15) is 11.4 Å². The summed E-state index contributed by atoms with van der Waals surface area (Å²) in [6, 6.07) is 20.9. The molecule has 2 aromatic carbocycles. The number of nitrogens with zero attached hydrogens (tertiary/aromatic N) is 6. The Morgan fingerprint density at radius 2 is 1.64 bits per heavy atom. The van der Waals surface area contributed by atoms with E-state index >= 15 is 0 Å². The van der Waals surface area contributed by atoms with Crippen molar-refractivity contribution in [2.75, 3.05) is 11.4 Å². The molecule has 1 aliphatic carbocycles. The molecule has 14 heteroatoms. The molecule has 0 aliphatic heterocycles. The van der Waals surface area contributed by atoms with Crippen molar-refractivity contribution in [3.63, 3.8) is 0 Å². The number of amides is 3. The zero-order valence-corrected chi connectivity index (χ0v) is 29.9. The monoisotopic (exact) mass is 717 g/mol. The summed E-state index contributed by atoms with van der Waals surface area (Å²) >= 11 is 0. The summed E-state index contributed by atoms with van der Waals surface area (Å²) in [6.07, 6.45) is 7.38. The number of carbonyl (C=O) groups excluding carboxylic acids is 3. The first-order valence-electron chi connectivity index (χ1n) is 17.6. The highest BCUT2D eigenvalue weighted by Crippen LogP contribution is 2.32. The summed E-state index contributed by atoms with van der Waals surface area (Å²) in [6.45, 7) is 5.91. The van der Waals surface area contributed by atoms with Gasteiger partial charge in [0.15, 0.2) is 0 Å². The number of nitrogens with two attached hydrogens (primary N) is 1. The van der Waals surface area contributed by atoms with Crippen LogP contribution in [-0.4, -0.2) is 66.7 Å². The lowest BCUT2D eigenvalue weighted by atomic mass is 9.81. The van der Waals surface area contributed by atoms with Crippen molar-refractivity contribution in [1.29, 1.82) is 0 Å². The molecule has 0 spiro atoms. The summed E-state index contributed by atoms with van der Waals surface area (Å²) < 4.78 is 11.1.